The summed E-state index contributed by atoms with van der Waals surface area (Å²) in [6, 6.07) is 7.72. The number of nitrogens with one attached hydrogen (secondary N) is 1. The summed E-state index contributed by atoms with van der Waals surface area (Å²) < 4.78 is 0. The fourth-order valence-electron chi connectivity index (χ4n) is 2.52. The molecule has 0 saturated heterocycles. The van der Waals surface area contributed by atoms with E-state index in [1.807, 2.05) is 38.1 Å². The molecule has 1 aliphatic carbocycles. The van der Waals surface area contributed by atoms with Gasteiger partial charge in [-0.15, -0.1) is 4.98 Å². The molecule has 5 heteroatoms. The van der Waals surface area contributed by atoms with Crippen molar-refractivity contribution < 1.29 is 4.79 Å². The molecule has 0 unspecified atom stereocenters. The molecule has 0 aliphatic heterocycles. The minimum Gasteiger partial charge on any atom is -0.359 e. The van der Waals surface area contributed by atoms with Gasteiger partial charge in [0.1, 0.15) is 0 Å². The average Bonchev–Trinajstić information content (AvgIpc) is 3.44. The number of amides is 1. The minimum absolute atomic E-state index is 0.0527. The van der Waals surface area contributed by atoms with Crippen LogP contribution in [0.2, 0.25) is 0 Å². The zero-order chi connectivity index (χ0) is 17.2. The summed E-state index contributed by atoms with van der Waals surface area (Å²) in [6.07, 6.45) is 5.52. The summed E-state index contributed by atoms with van der Waals surface area (Å²) in [4.78, 5) is 24.1. The topological polar surface area (TPSA) is 59.2 Å². The molecule has 1 heterocycles. The number of hydrogen-bond donors (Lipinski definition) is 1. The second kappa shape index (κ2) is 6.40. The highest BCUT2D eigenvalue weighted by molar-refractivity contribution is 5.87. The lowest BCUT2D eigenvalue weighted by Gasteiger charge is -2.24. The Morgan fingerprint density at radius 2 is 2.00 bits per heavy atom. The van der Waals surface area contributed by atoms with Crippen molar-refractivity contribution in [3.8, 4) is 11.3 Å². The van der Waals surface area contributed by atoms with Gasteiger partial charge < -0.3 is 10.2 Å². The van der Waals surface area contributed by atoms with Crippen LogP contribution in [-0.4, -0.2) is 22.4 Å². The fraction of sp³-hybridized carbons (Fsp3) is 0.368. The summed E-state index contributed by atoms with van der Waals surface area (Å²) in [6.45, 7) is 11.7. The smallest absolute Gasteiger partial charge is 0.288 e. The SMILES string of the molecule is [C-]#[N+]c1cncc(-c2ccc(C(C)(C)C(=O)NCC3CC3)cc2)n1. The number of carbonyl (C=O) groups is 1. The molecule has 1 N–H and O–H groups in total. The van der Waals surface area contributed by atoms with Crippen LogP contribution >= 0.6 is 0 Å². The number of nitrogens with zero attached hydrogens (tertiary/aromatic N) is 3. The van der Waals surface area contributed by atoms with E-state index < -0.39 is 5.41 Å². The van der Waals surface area contributed by atoms with Gasteiger partial charge in [0.05, 0.1) is 17.8 Å². The quantitative estimate of drug-likeness (QED) is 0.858. The molecule has 1 aromatic heterocycles. The number of rotatable bonds is 5. The fourth-order valence-corrected chi connectivity index (χ4v) is 2.52. The predicted molar refractivity (Wildman–Crippen MR) is 92.5 cm³/mol. The summed E-state index contributed by atoms with van der Waals surface area (Å²) >= 11 is 0. The van der Waals surface area contributed by atoms with Crippen LogP contribution < -0.4 is 5.32 Å². The Labute approximate surface area is 142 Å². The van der Waals surface area contributed by atoms with E-state index in [0.717, 1.165) is 17.7 Å². The highest BCUT2D eigenvalue weighted by atomic mass is 16.2. The summed E-state index contributed by atoms with van der Waals surface area (Å²) in [5.74, 6) is 0.994. The largest absolute Gasteiger partial charge is 0.359 e. The van der Waals surface area contributed by atoms with Crippen LogP contribution in [0.3, 0.4) is 0 Å². The van der Waals surface area contributed by atoms with Crippen molar-refractivity contribution >= 4 is 11.7 Å². The van der Waals surface area contributed by atoms with Gasteiger partial charge in [0.2, 0.25) is 5.91 Å². The van der Waals surface area contributed by atoms with Gasteiger partial charge in [-0.1, -0.05) is 30.8 Å². The maximum atomic E-state index is 12.5. The van der Waals surface area contributed by atoms with Crippen molar-refractivity contribution in [3.05, 3.63) is 53.6 Å². The van der Waals surface area contributed by atoms with E-state index in [-0.39, 0.29) is 11.7 Å². The first-order chi connectivity index (χ1) is 11.5. The molecule has 1 aliphatic rings. The number of benzene rings is 1. The van der Waals surface area contributed by atoms with Gasteiger partial charge in [0.15, 0.2) is 5.69 Å². The molecule has 0 radical (unpaired) electrons. The van der Waals surface area contributed by atoms with Gasteiger partial charge >= 0.3 is 0 Å². The third-order valence-corrected chi connectivity index (χ3v) is 4.45. The molecule has 0 bridgehead atoms. The van der Waals surface area contributed by atoms with Crippen LogP contribution in [0.1, 0.15) is 32.3 Å². The van der Waals surface area contributed by atoms with E-state index in [0.29, 0.717) is 11.6 Å². The lowest BCUT2D eigenvalue weighted by atomic mass is 9.83. The van der Waals surface area contributed by atoms with Crippen LogP contribution in [-0.2, 0) is 10.2 Å². The van der Waals surface area contributed by atoms with E-state index in [1.54, 1.807) is 6.20 Å². The molecular formula is C19H20N4O. The molecule has 3 rings (SSSR count). The second-order valence-electron chi connectivity index (χ2n) is 6.73. The van der Waals surface area contributed by atoms with Crippen LogP contribution in [0.4, 0.5) is 5.82 Å². The van der Waals surface area contributed by atoms with Gasteiger partial charge in [0, 0.05) is 12.1 Å². The van der Waals surface area contributed by atoms with Gasteiger partial charge in [-0.05, 0) is 38.2 Å². The third kappa shape index (κ3) is 3.43. The monoisotopic (exact) mass is 320 g/mol. The van der Waals surface area contributed by atoms with Crippen molar-refractivity contribution in [2.75, 3.05) is 6.54 Å². The zero-order valence-electron chi connectivity index (χ0n) is 13.9. The molecule has 1 saturated carbocycles. The van der Waals surface area contributed by atoms with Crippen LogP contribution in [0.25, 0.3) is 16.1 Å². The molecule has 1 amide bonds. The highest BCUT2D eigenvalue weighted by Gasteiger charge is 2.31. The summed E-state index contributed by atoms with van der Waals surface area (Å²) in [7, 11) is 0. The Morgan fingerprint density at radius 3 is 2.62 bits per heavy atom. The normalized spacial score (nSPS) is 14.0. The van der Waals surface area contributed by atoms with E-state index in [2.05, 4.69) is 20.1 Å². The Balaban J connectivity index is 1.77. The van der Waals surface area contributed by atoms with Gasteiger partial charge in [-0.3, -0.25) is 9.78 Å². The molecule has 0 spiro atoms. The molecule has 24 heavy (non-hydrogen) atoms. The number of hydrogen-bond acceptors (Lipinski definition) is 3. The minimum atomic E-state index is -0.586. The molecule has 5 nitrogen and oxygen atoms in total. The van der Waals surface area contributed by atoms with E-state index in [9.17, 15) is 4.79 Å². The van der Waals surface area contributed by atoms with Crippen LogP contribution in [0.15, 0.2) is 36.7 Å². The van der Waals surface area contributed by atoms with Gasteiger partial charge in [-0.2, -0.15) is 0 Å². The Hall–Kier alpha value is -2.74. The zero-order valence-corrected chi connectivity index (χ0v) is 13.9. The van der Waals surface area contributed by atoms with Gasteiger partial charge in [0.25, 0.3) is 5.82 Å². The number of aromatic nitrogens is 2. The Morgan fingerprint density at radius 1 is 1.29 bits per heavy atom. The van der Waals surface area contributed by atoms with Crippen molar-refractivity contribution in [2.45, 2.75) is 32.1 Å². The maximum absolute atomic E-state index is 12.5. The molecule has 1 aromatic carbocycles. The Kier molecular flexibility index (Phi) is 4.30. The molecule has 1 fully saturated rings. The van der Waals surface area contributed by atoms with Crippen molar-refractivity contribution in [2.24, 2.45) is 5.92 Å². The molecule has 122 valence electrons. The first-order valence-corrected chi connectivity index (χ1v) is 8.09. The standard InChI is InChI=1S/C19H20N4O/c1-19(2,18(24)22-10-13-4-5-13)15-8-6-14(7-9-15)16-11-21-12-17(20-3)23-16/h6-9,11-13H,4-5,10H2,1-2H3,(H,22,24). The third-order valence-electron chi connectivity index (χ3n) is 4.45. The summed E-state index contributed by atoms with van der Waals surface area (Å²) in [5.41, 5.74) is 1.91. The maximum Gasteiger partial charge on any atom is 0.288 e. The van der Waals surface area contributed by atoms with E-state index in [1.165, 1.54) is 19.0 Å². The highest BCUT2D eigenvalue weighted by Crippen LogP contribution is 2.29. The van der Waals surface area contributed by atoms with Gasteiger partial charge in [-0.25, -0.2) is 0 Å². The Bertz CT molecular complexity index is 786. The lowest BCUT2D eigenvalue weighted by molar-refractivity contribution is -0.125. The second-order valence-corrected chi connectivity index (χ2v) is 6.73. The number of carbonyl (C=O) groups excluding carboxylic acids is 1. The lowest BCUT2D eigenvalue weighted by Crippen LogP contribution is -2.40. The van der Waals surface area contributed by atoms with Crippen molar-refractivity contribution in [1.82, 2.24) is 15.3 Å². The van der Waals surface area contributed by atoms with Crippen LogP contribution in [0.5, 0.6) is 0 Å². The van der Waals surface area contributed by atoms with E-state index in [4.69, 9.17) is 6.57 Å². The first kappa shape index (κ1) is 16.1. The van der Waals surface area contributed by atoms with Crippen molar-refractivity contribution in [1.29, 1.82) is 0 Å². The molecule has 0 atom stereocenters. The van der Waals surface area contributed by atoms with Crippen molar-refractivity contribution in [3.63, 3.8) is 0 Å². The first-order valence-electron chi connectivity index (χ1n) is 8.09. The summed E-state index contributed by atoms with van der Waals surface area (Å²) in [5, 5.41) is 3.05. The predicted octanol–water partition coefficient (Wildman–Crippen LogP) is 3.50. The average molecular weight is 320 g/mol. The molecule has 2 aromatic rings. The van der Waals surface area contributed by atoms with E-state index >= 15 is 0 Å². The molecular weight excluding hydrogens is 300 g/mol. The van der Waals surface area contributed by atoms with Crippen LogP contribution in [0, 0.1) is 12.5 Å².